The summed E-state index contributed by atoms with van der Waals surface area (Å²) in [6, 6.07) is 4.20. The lowest BCUT2D eigenvalue weighted by molar-refractivity contribution is -0.122. The number of benzene rings is 1. The Kier molecular flexibility index (Phi) is 4.54. The largest absolute Gasteiger partial charge is 0.478 e. The van der Waals surface area contributed by atoms with Crippen LogP contribution in [0.4, 0.5) is 5.69 Å². The van der Waals surface area contributed by atoms with Crippen molar-refractivity contribution < 1.29 is 14.7 Å². The van der Waals surface area contributed by atoms with E-state index in [1.54, 1.807) is 0 Å². The fourth-order valence-corrected chi connectivity index (χ4v) is 3.02. The molecular formula is C15H19ClN2O3. The topological polar surface area (TPSA) is 92.4 Å². The van der Waals surface area contributed by atoms with Crippen molar-refractivity contribution in [3.05, 3.63) is 28.8 Å². The van der Waals surface area contributed by atoms with Gasteiger partial charge >= 0.3 is 5.97 Å². The number of carbonyl (C=O) groups excluding carboxylic acids is 1. The van der Waals surface area contributed by atoms with Crippen molar-refractivity contribution in [2.24, 2.45) is 11.7 Å². The van der Waals surface area contributed by atoms with Crippen LogP contribution >= 0.6 is 11.6 Å². The van der Waals surface area contributed by atoms with Crippen LogP contribution in [0.3, 0.4) is 0 Å². The molecule has 0 radical (unpaired) electrons. The lowest BCUT2D eigenvalue weighted by Crippen LogP contribution is -2.53. The molecule has 2 atom stereocenters. The van der Waals surface area contributed by atoms with E-state index in [2.05, 4.69) is 12.2 Å². The Morgan fingerprint density at radius 2 is 2.19 bits per heavy atom. The minimum Gasteiger partial charge on any atom is -0.478 e. The highest BCUT2D eigenvalue weighted by atomic mass is 35.5. The minimum absolute atomic E-state index is 0.0757. The van der Waals surface area contributed by atoms with Gasteiger partial charge in [-0.25, -0.2) is 4.79 Å². The van der Waals surface area contributed by atoms with E-state index in [0.29, 0.717) is 24.4 Å². The molecule has 2 rings (SSSR count). The fraction of sp³-hybridized carbons (Fsp3) is 0.467. The number of anilines is 1. The van der Waals surface area contributed by atoms with Gasteiger partial charge in [-0.3, -0.25) is 4.79 Å². The number of hydrogen-bond donors (Lipinski definition) is 3. The van der Waals surface area contributed by atoms with Crippen molar-refractivity contribution in [1.29, 1.82) is 0 Å². The highest BCUT2D eigenvalue weighted by molar-refractivity contribution is 6.34. The van der Waals surface area contributed by atoms with Gasteiger partial charge in [-0.05, 0) is 37.0 Å². The second-order valence-corrected chi connectivity index (χ2v) is 6.22. The molecule has 0 heterocycles. The van der Waals surface area contributed by atoms with Crippen LogP contribution in [0.15, 0.2) is 18.2 Å². The molecule has 1 aromatic rings. The van der Waals surface area contributed by atoms with E-state index in [4.69, 9.17) is 22.4 Å². The molecule has 5 nitrogen and oxygen atoms in total. The zero-order valence-electron chi connectivity index (χ0n) is 11.9. The first kappa shape index (κ1) is 15.8. The summed E-state index contributed by atoms with van der Waals surface area (Å²) in [5, 5.41) is 11.8. The Hall–Kier alpha value is -1.59. The van der Waals surface area contributed by atoms with Gasteiger partial charge in [0.2, 0.25) is 5.91 Å². The monoisotopic (exact) mass is 310 g/mol. The average molecular weight is 311 g/mol. The van der Waals surface area contributed by atoms with Crippen LogP contribution < -0.4 is 11.1 Å². The molecule has 1 fully saturated rings. The van der Waals surface area contributed by atoms with Crippen molar-refractivity contribution in [2.75, 3.05) is 5.32 Å². The van der Waals surface area contributed by atoms with Crippen LogP contribution in [0.5, 0.6) is 0 Å². The second-order valence-electron chi connectivity index (χ2n) is 5.81. The summed E-state index contributed by atoms with van der Waals surface area (Å²) >= 11 is 6.01. The van der Waals surface area contributed by atoms with Crippen LogP contribution in [0.2, 0.25) is 5.02 Å². The molecular weight excluding hydrogens is 292 g/mol. The summed E-state index contributed by atoms with van der Waals surface area (Å²) in [4.78, 5) is 23.2. The number of nitrogens with one attached hydrogen (secondary N) is 1. The van der Waals surface area contributed by atoms with Gasteiger partial charge in [0.15, 0.2) is 0 Å². The molecule has 6 heteroatoms. The Bertz CT molecular complexity index is 576. The van der Waals surface area contributed by atoms with E-state index in [9.17, 15) is 9.59 Å². The van der Waals surface area contributed by atoms with E-state index in [1.807, 2.05) is 0 Å². The summed E-state index contributed by atoms with van der Waals surface area (Å²) in [6.45, 7) is 2.09. The molecule has 4 N–H and O–H groups in total. The molecule has 21 heavy (non-hydrogen) atoms. The van der Waals surface area contributed by atoms with Gasteiger partial charge in [0.25, 0.3) is 0 Å². The number of aromatic carboxylic acids is 1. The maximum Gasteiger partial charge on any atom is 0.335 e. The zero-order valence-corrected chi connectivity index (χ0v) is 12.6. The Balaban J connectivity index is 2.14. The smallest absolute Gasteiger partial charge is 0.335 e. The van der Waals surface area contributed by atoms with E-state index >= 15 is 0 Å². The quantitative estimate of drug-likeness (QED) is 0.800. The van der Waals surface area contributed by atoms with Gasteiger partial charge in [0.1, 0.15) is 0 Å². The van der Waals surface area contributed by atoms with Gasteiger partial charge in [0.05, 0.1) is 21.8 Å². The van der Waals surface area contributed by atoms with Gasteiger partial charge < -0.3 is 16.2 Å². The number of amides is 1. The molecule has 2 unspecified atom stereocenters. The number of hydrogen-bond acceptors (Lipinski definition) is 3. The summed E-state index contributed by atoms with van der Waals surface area (Å²) in [5.74, 6) is -0.912. The first-order valence-corrected chi connectivity index (χ1v) is 7.33. The summed E-state index contributed by atoms with van der Waals surface area (Å²) in [6.07, 6.45) is 3.30. The Labute approximate surface area is 128 Å². The summed E-state index contributed by atoms with van der Waals surface area (Å²) in [5.41, 5.74) is 5.80. The van der Waals surface area contributed by atoms with E-state index in [1.165, 1.54) is 18.2 Å². The lowest BCUT2D eigenvalue weighted by atomic mass is 9.76. The van der Waals surface area contributed by atoms with Crippen LogP contribution in [0, 0.1) is 5.92 Å². The van der Waals surface area contributed by atoms with Gasteiger partial charge in [-0.2, -0.15) is 0 Å². The first-order chi connectivity index (χ1) is 9.82. The third-order valence-corrected chi connectivity index (χ3v) is 4.26. The maximum absolute atomic E-state index is 12.4. The summed E-state index contributed by atoms with van der Waals surface area (Å²) in [7, 11) is 0. The van der Waals surface area contributed by atoms with Crippen molar-refractivity contribution >= 4 is 29.2 Å². The Morgan fingerprint density at radius 3 is 2.76 bits per heavy atom. The molecule has 114 valence electrons. The number of carboxylic acids is 1. The van der Waals surface area contributed by atoms with Gasteiger partial charge in [-0.1, -0.05) is 31.4 Å². The number of halogens is 1. The molecule has 0 saturated heterocycles. The number of nitrogens with two attached hydrogens (primary N) is 1. The lowest BCUT2D eigenvalue weighted by Gasteiger charge is -2.35. The highest BCUT2D eigenvalue weighted by Gasteiger charge is 2.38. The van der Waals surface area contributed by atoms with E-state index in [0.717, 1.165) is 12.8 Å². The average Bonchev–Trinajstić information content (AvgIpc) is 2.40. The second kappa shape index (κ2) is 6.03. The number of rotatable bonds is 3. The predicted molar refractivity (Wildman–Crippen MR) is 81.6 cm³/mol. The van der Waals surface area contributed by atoms with Crippen LogP contribution in [0.25, 0.3) is 0 Å². The minimum atomic E-state index is -1.06. The van der Waals surface area contributed by atoms with Gasteiger partial charge in [-0.15, -0.1) is 0 Å². The first-order valence-electron chi connectivity index (χ1n) is 6.95. The van der Waals surface area contributed by atoms with Crippen molar-refractivity contribution in [3.63, 3.8) is 0 Å². The molecule has 0 spiro atoms. The molecule has 0 aliphatic heterocycles. The van der Waals surface area contributed by atoms with Crippen LogP contribution in [-0.2, 0) is 4.79 Å². The maximum atomic E-state index is 12.4. The number of carboxylic acid groups (broad SMARTS) is 1. The van der Waals surface area contributed by atoms with E-state index < -0.39 is 11.5 Å². The Morgan fingerprint density at radius 1 is 1.48 bits per heavy atom. The van der Waals surface area contributed by atoms with Crippen LogP contribution in [0.1, 0.15) is 43.0 Å². The molecule has 0 aromatic heterocycles. The molecule has 1 saturated carbocycles. The standard InChI is InChI=1S/C15H19ClN2O3/c1-9-3-2-6-15(17,8-9)14(21)18-12-5-4-10(13(19)20)7-11(12)16/h4-5,7,9H,2-3,6,8,17H2,1H3,(H,18,21)(H,19,20). The molecule has 1 aliphatic rings. The molecule has 1 aliphatic carbocycles. The SMILES string of the molecule is CC1CCCC(N)(C(=O)Nc2ccc(C(=O)O)cc2Cl)C1. The number of carbonyl (C=O) groups is 2. The third kappa shape index (κ3) is 3.54. The van der Waals surface area contributed by atoms with E-state index in [-0.39, 0.29) is 16.5 Å². The highest BCUT2D eigenvalue weighted by Crippen LogP contribution is 2.32. The normalized spacial score (nSPS) is 25.4. The zero-order chi connectivity index (χ0) is 15.6. The van der Waals surface area contributed by atoms with Crippen LogP contribution in [-0.4, -0.2) is 22.5 Å². The van der Waals surface area contributed by atoms with Crippen molar-refractivity contribution in [3.8, 4) is 0 Å². The third-order valence-electron chi connectivity index (χ3n) is 3.95. The predicted octanol–water partition coefficient (Wildman–Crippen LogP) is 2.88. The molecule has 1 aromatic carbocycles. The fourth-order valence-electron chi connectivity index (χ4n) is 2.79. The molecule has 0 bridgehead atoms. The van der Waals surface area contributed by atoms with Crippen molar-refractivity contribution in [2.45, 2.75) is 38.1 Å². The van der Waals surface area contributed by atoms with Gasteiger partial charge in [0, 0.05) is 0 Å². The summed E-state index contributed by atoms with van der Waals surface area (Å²) < 4.78 is 0. The van der Waals surface area contributed by atoms with Crippen molar-refractivity contribution in [1.82, 2.24) is 0 Å². The molecule has 1 amide bonds.